The van der Waals surface area contributed by atoms with Crippen LogP contribution in [0.3, 0.4) is 0 Å². The van der Waals surface area contributed by atoms with Gasteiger partial charge < -0.3 is 5.11 Å². The lowest BCUT2D eigenvalue weighted by atomic mass is 10.0. The van der Waals surface area contributed by atoms with E-state index >= 15 is 0 Å². The Bertz CT molecular complexity index is 583. The van der Waals surface area contributed by atoms with Gasteiger partial charge in [0.25, 0.3) is 0 Å². The van der Waals surface area contributed by atoms with E-state index in [9.17, 15) is 9.50 Å². The van der Waals surface area contributed by atoms with Crippen molar-refractivity contribution in [1.29, 1.82) is 0 Å². The minimum Gasteiger partial charge on any atom is -0.393 e. The fourth-order valence-electron chi connectivity index (χ4n) is 2.24. The van der Waals surface area contributed by atoms with Crippen molar-refractivity contribution in [2.75, 3.05) is 0 Å². The molecule has 0 aliphatic carbocycles. The molecule has 2 rings (SSSR count). The number of rotatable bonds is 5. The Kier molecular flexibility index (Phi) is 5.32. The number of aryl methyl sites for hydroxylation is 2. The number of halogens is 2. The van der Waals surface area contributed by atoms with E-state index in [2.05, 4.69) is 41.1 Å². The predicted molar refractivity (Wildman–Crippen MR) is 83.3 cm³/mol. The highest BCUT2D eigenvalue weighted by atomic mass is 79.9. The van der Waals surface area contributed by atoms with E-state index in [1.165, 1.54) is 23.3 Å². The molecule has 0 saturated carbocycles. The summed E-state index contributed by atoms with van der Waals surface area (Å²) in [6, 6.07) is 12.9. The average Bonchev–Trinajstić information content (AvgIpc) is 2.40. The average molecular weight is 337 g/mol. The maximum Gasteiger partial charge on any atom is 0.124 e. The highest BCUT2D eigenvalue weighted by molar-refractivity contribution is 9.10. The molecule has 0 saturated heterocycles. The zero-order valence-corrected chi connectivity index (χ0v) is 13.0. The van der Waals surface area contributed by atoms with Gasteiger partial charge >= 0.3 is 0 Å². The number of aliphatic hydroxyl groups is 1. The molecule has 0 aliphatic rings. The Balaban J connectivity index is 1.90. The Morgan fingerprint density at radius 3 is 2.70 bits per heavy atom. The van der Waals surface area contributed by atoms with E-state index in [4.69, 9.17) is 0 Å². The lowest BCUT2D eigenvalue weighted by molar-refractivity contribution is 0.165. The first-order valence-corrected chi connectivity index (χ1v) is 7.51. The number of hydrogen-bond donors (Lipinski definition) is 1. The van der Waals surface area contributed by atoms with Gasteiger partial charge in [0.1, 0.15) is 5.82 Å². The maximum absolute atomic E-state index is 13.0. The van der Waals surface area contributed by atoms with Gasteiger partial charge in [-0.05, 0) is 49.4 Å². The van der Waals surface area contributed by atoms with E-state index < -0.39 is 6.10 Å². The van der Waals surface area contributed by atoms with Crippen LogP contribution in [0.1, 0.15) is 23.1 Å². The summed E-state index contributed by atoms with van der Waals surface area (Å²) < 4.78 is 13.7. The third-order valence-electron chi connectivity index (χ3n) is 3.32. The lowest BCUT2D eigenvalue weighted by Crippen LogP contribution is -2.12. The molecule has 0 aromatic heterocycles. The van der Waals surface area contributed by atoms with Crippen LogP contribution >= 0.6 is 15.9 Å². The third-order valence-corrected chi connectivity index (χ3v) is 4.06. The summed E-state index contributed by atoms with van der Waals surface area (Å²) in [5, 5.41) is 10.1. The van der Waals surface area contributed by atoms with Crippen molar-refractivity contribution in [2.45, 2.75) is 32.3 Å². The van der Waals surface area contributed by atoms with Crippen LogP contribution in [0.4, 0.5) is 4.39 Å². The van der Waals surface area contributed by atoms with Crippen LogP contribution in [0.5, 0.6) is 0 Å². The van der Waals surface area contributed by atoms with Gasteiger partial charge in [0.15, 0.2) is 0 Å². The van der Waals surface area contributed by atoms with Crippen LogP contribution in [0.15, 0.2) is 46.9 Å². The zero-order valence-electron chi connectivity index (χ0n) is 11.4. The summed E-state index contributed by atoms with van der Waals surface area (Å²) >= 11 is 3.33. The molecular formula is C17H18BrFO. The quantitative estimate of drug-likeness (QED) is 0.856. The molecule has 1 unspecified atom stereocenters. The molecule has 1 N–H and O–H groups in total. The first-order valence-electron chi connectivity index (χ1n) is 6.72. The summed E-state index contributed by atoms with van der Waals surface area (Å²) in [4.78, 5) is 0. The fraction of sp³-hybridized carbons (Fsp3) is 0.294. The monoisotopic (exact) mass is 336 g/mol. The summed E-state index contributed by atoms with van der Waals surface area (Å²) in [6.45, 7) is 2.07. The molecule has 1 atom stereocenters. The van der Waals surface area contributed by atoms with Crippen molar-refractivity contribution in [2.24, 2.45) is 0 Å². The standard InChI is InChI=1S/C17H18BrFO/c1-12-3-2-4-13(9-12)5-8-16(20)10-14-6-7-15(19)11-17(14)18/h2-4,6-7,9,11,16,20H,5,8,10H2,1H3. The molecule has 0 heterocycles. The summed E-state index contributed by atoms with van der Waals surface area (Å²) in [6.07, 6.45) is 1.67. The normalized spacial score (nSPS) is 12.4. The molecule has 0 bridgehead atoms. The molecule has 20 heavy (non-hydrogen) atoms. The van der Waals surface area contributed by atoms with E-state index in [0.717, 1.165) is 12.0 Å². The van der Waals surface area contributed by atoms with Crippen LogP contribution in [-0.2, 0) is 12.8 Å². The predicted octanol–water partition coefficient (Wildman–Crippen LogP) is 4.43. The molecule has 0 radical (unpaired) electrons. The number of hydrogen-bond acceptors (Lipinski definition) is 1. The van der Waals surface area contributed by atoms with Gasteiger partial charge in [-0.1, -0.05) is 51.8 Å². The smallest absolute Gasteiger partial charge is 0.124 e. The highest BCUT2D eigenvalue weighted by Gasteiger charge is 2.09. The van der Waals surface area contributed by atoms with Crippen LogP contribution < -0.4 is 0 Å². The molecule has 2 aromatic rings. The Hall–Kier alpha value is -1.19. The Labute approximate surface area is 127 Å². The van der Waals surface area contributed by atoms with Crippen molar-refractivity contribution in [1.82, 2.24) is 0 Å². The molecule has 0 fully saturated rings. The minimum atomic E-state index is -0.419. The van der Waals surface area contributed by atoms with E-state index in [1.54, 1.807) is 6.07 Å². The second-order valence-corrected chi connectivity index (χ2v) is 5.98. The van der Waals surface area contributed by atoms with Gasteiger partial charge in [-0.25, -0.2) is 4.39 Å². The van der Waals surface area contributed by atoms with Gasteiger partial charge in [-0.15, -0.1) is 0 Å². The summed E-state index contributed by atoms with van der Waals surface area (Å²) in [5.74, 6) is -0.269. The maximum atomic E-state index is 13.0. The van der Waals surface area contributed by atoms with E-state index in [1.807, 2.05) is 6.07 Å². The third kappa shape index (κ3) is 4.43. The molecule has 0 aliphatic heterocycles. The lowest BCUT2D eigenvalue weighted by Gasteiger charge is -2.12. The zero-order chi connectivity index (χ0) is 14.5. The SMILES string of the molecule is Cc1cccc(CCC(O)Cc2ccc(F)cc2Br)c1. The molecule has 3 heteroatoms. The van der Waals surface area contributed by atoms with Gasteiger partial charge in [0.05, 0.1) is 6.10 Å². The Morgan fingerprint density at radius 2 is 2.00 bits per heavy atom. The van der Waals surface area contributed by atoms with Gasteiger partial charge in [-0.2, -0.15) is 0 Å². The molecule has 2 aromatic carbocycles. The largest absolute Gasteiger partial charge is 0.393 e. The van der Waals surface area contributed by atoms with Crippen molar-refractivity contribution < 1.29 is 9.50 Å². The van der Waals surface area contributed by atoms with E-state index in [0.29, 0.717) is 17.3 Å². The second kappa shape index (κ2) is 7.00. The fourth-order valence-corrected chi connectivity index (χ4v) is 2.76. The van der Waals surface area contributed by atoms with Gasteiger partial charge in [0.2, 0.25) is 0 Å². The number of benzene rings is 2. The van der Waals surface area contributed by atoms with Crippen LogP contribution in [0, 0.1) is 12.7 Å². The summed E-state index contributed by atoms with van der Waals surface area (Å²) in [7, 11) is 0. The molecule has 1 nitrogen and oxygen atoms in total. The van der Waals surface area contributed by atoms with E-state index in [-0.39, 0.29) is 5.82 Å². The minimum absolute atomic E-state index is 0.269. The molecular weight excluding hydrogens is 319 g/mol. The van der Waals surface area contributed by atoms with Crippen molar-refractivity contribution in [3.63, 3.8) is 0 Å². The summed E-state index contributed by atoms with van der Waals surface area (Å²) in [5.41, 5.74) is 3.41. The van der Waals surface area contributed by atoms with Crippen LogP contribution in [0.2, 0.25) is 0 Å². The van der Waals surface area contributed by atoms with Crippen LogP contribution in [0.25, 0.3) is 0 Å². The van der Waals surface area contributed by atoms with Crippen LogP contribution in [-0.4, -0.2) is 11.2 Å². The van der Waals surface area contributed by atoms with Gasteiger partial charge in [-0.3, -0.25) is 0 Å². The second-order valence-electron chi connectivity index (χ2n) is 5.12. The van der Waals surface area contributed by atoms with Crippen molar-refractivity contribution in [3.05, 3.63) is 69.4 Å². The topological polar surface area (TPSA) is 20.2 Å². The Morgan fingerprint density at radius 1 is 1.20 bits per heavy atom. The molecule has 0 amide bonds. The first kappa shape index (κ1) is 15.2. The van der Waals surface area contributed by atoms with Gasteiger partial charge in [0, 0.05) is 4.47 Å². The first-order chi connectivity index (χ1) is 9.54. The van der Waals surface area contributed by atoms with Crippen molar-refractivity contribution in [3.8, 4) is 0 Å². The van der Waals surface area contributed by atoms with Crippen molar-refractivity contribution >= 4 is 15.9 Å². The molecule has 106 valence electrons. The molecule has 0 spiro atoms. The highest BCUT2D eigenvalue weighted by Crippen LogP contribution is 2.20. The number of aliphatic hydroxyl groups excluding tert-OH is 1.